The maximum atomic E-state index is 11.8. The third kappa shape index (κ3) is 4.03. The highest BCUT2D eigenvalue weighted by atomic mass is 16.6. The lowest BCUT2D eigenvalue weighted by molar-refractivity contribution is -0.118. The average molecular weight is 316 g/mol. The lowest BCUT2D eigenvalue weighted by Gasteiger charge is -2.13. The van der Waals surface area contributed by atoms with Gasteiger partial charge in [0.1, 0.15) is 12.4 Å². The predicted octanol–water partition coefficient (Wildman–Crippen LogP) is 1.23. The number of carbonyl (C=O) groups excluding carboxylic acids is 2. The van der Waals surface area contributed by atoms with Crippen LogP contribution in [0.15, 0.2) is 17.2 Å². The Balaban J connectivity index is 2.11. The first kappa shape index (κ1) is 15.9. The average Bonchev–Trinajstić information content (AvgIpc) is 2.87. The molecule has 0 unspecified atom stereocenters. The first-order valence-corrected chi connectivity index (χ1v) is 6.42. The summed E-state index contributed by atoms with van der Waals surface area (Å²) in [4.78, 5) is 30.5. The van der Waals surface area contributed by atoms with Crippen LogP contribution in [-0.2, 0) is 9.53 Å². The minimum Gasteiger partial charge on any atom is -0.482 e. The molecule has 1 amide bonds. The zero-order chi connectivity index (χ0) is 16.8. The quantitative estimate of drug-likeness (QED) is 0.383. The van der Waals surface area contributed by atoms with Gasteiger partial charge in [0.05, 0.1) is 6.54 Å². The van der Waals surface area contributed by atoms with E-state index in [1.807, 2.05) is 0 Å². The fraction of sp³-hybridized carbons (Fsp3) is 0.308. The molecule has 10 nitrogen and oxygen atoms in total. The normalized spacial score (nSPS) is 16.0. The number of cyclic esters (lactones) is 1. The Morgan fingerprint density at radius 1 is 1.70 bits per heavy atom. The first-order valence-electron chi connectivity index (χ1n) is 6.42. The van der Waals surface area contributed by atoms with Gasteiger partial charge in [0, 0.05) is 4.91 Å². The van der Waals surface area contributed by atoms with Gasteiger partial charge in [-0.15, -0.1) is 0 Å². The van der Waals surface area contributed by atoms with Gasteiger partial charge < -0.3 is 15.2 Å². The minimum absolute atomic E-state index is 0.0418. The number of hydrogen-bond acceptors (Lipinski definition) is 7. The molecular weight excluding hydrogens is 304 g/mol. The molecule has 2 N–H and O–H groups in total. The molecule has 118 valence electrons. The largest absolute Gasteiger partial charge is 0.482 e. The van der Waals surface area contributed by atoms with Crippen molar-refractivity contribution in [2.45, 2.75) is 13.0 Å². The molecule has 2 rings (SSSR count). The van der Waals surface area contributed by atoms with E-state index in [2.05, 4.69) is 27.0 Å². The topological polar surface area (TPSA) is 144 Å². The number of rotatable bonds is 4. The molecule has 0 aliphatic carbocycles. The number of ether oxygens (including phenoxy) is 2. The van der Waals surface area contributed by atoms with E-state index in [-0.39, 0.29) is 36.3 Å². The standard InChI is InChI=1S/C13H12N6O4/c1-8(20)7-22-10-2-3-11(17-12(10)14)19-6-9(23-13(19)21)4-5-16-18-15/h2-3,9H,6-7H2,1H3,(H2,14,17)/t9-/m1/s1. The molecule has 23 heavy (non-hydrogen) atoms. The number of pyridine rings is 1. The van der Waals surface area contributed by atoms with Crippen molar-refractivity contribution in [1.29, 1.82) is 0 Å². The van der Waals surface area contributed by atoms with Gasteiger partial charge in [0.2, 0.25) is 0 Å². The molecule has 0 bridgehead atoms. The van der Waals surface area contributed by atoms with Crippen molar-refractivity contribution in [3.8, 4) is 17.7 Å². The van der Waals surface area contributed by atoms with Crippen LogP contribution in [0.5, 0.6) is 5.75 Å². The summed E-state index contributed by atoms with van der Waals surface area (Å²) in [5, 5.41) is 3.05. The lowest BCUT2D eigenvalue weighted by Crippen LogP contribution is -2.25. The minimum atomic E-state index is -0.732. The van der Waals surface area contributed by atoms with E-state index in [1.165, 1.54) is 24.0 Å². The Labute approximate surface area is 130 Å². The van der Waals surface area contributed by atoms with Gasteiger partial charge in [-0.25, -0.2) is 9.78 Å². The smallest absolute Gasteiger partial charge is 0.416 e. The van der Waals surface area contributed by atoms with Gasteiger partial charge in [-0.05, 0) is 41.7 Å². The van der Waals surface area contributed by atoms with Crippen molar-refractivity contribution in [3.63, 3.8) is 0 Å². The zero-order valence-electron chi connectivity index (χ0n) is 12.1. The number of nitrogens with zero attached hydrogens (tertiary/aromatic N) is 5. The Kier molecular flexibility index (Phi) is 4.86. The lowest BCUT2D eigenvalue weighted by atomic mass is 10.3. The maximum absolute atomic E-state index is 11.8. The molecule has 1 aromatic rings. The Bertz CT molecular complexity index is 747. The number of nitrogens with two attached hydrogens (primary N) is 1. The summed E-state index contributed by atoms with van der Waals surface area (Å²) in [5.41, 5.74) is 13.9. The van der Waals surface area contributed by atoms with Crippen LogP contribution in [0, 0.1) is 12.0 Å². The van der Waals surface area contributed by atoms with E-state index in [9.17, 15) is 9.59 Å². The second kappa shape index (κ2) is 7.02. The second-order valence-electron chi connectivity index (χ2n) is 4.47. The Morgan fingerprint density at radius 2 is 2.48 bits per heavy atom. The monoisotopic (exact) mass is 316 g/mol. The van der Waals surface area contributed by atoms with Crippen molar-refractivity contribution >= 4 is 23.5 Å². The molecule has 0 aromatic carbocycles. The fourth-order valence-electron chi connectivity index (χ4n) is 1.75. The summed E-state index contributed by atoms with van der Waals surface area (Å²) < 4.78 is 10.2. The van der Waals surface area contributed by atoms with Crippen molar-refractivity contribution < 1.29 is 19.1 Å². The van der Waals surface area contributed by atoms with Crippen molar-refractivity contribution in [1.82, 2.24) is 4.98 Å². The number of aromatic nitrogens is 1. The van der Waals surface area contributed by atoms with Gasteiger partial charge >= 0.3 is 6.09 Å². The fourth-order valence-corrected chi connectivity index (χ4v) is 1.75. The van der Waals surface area contributed by atoms with Gasteiger partial charge in [0.15, 0.2) is 23.5 Å². The summed E-state index contributed by atoms with van der Waals surface area (Å²) in [6, 6.07) is 5.19. The van der Waals surface area contributed by atoms with Crippen molar-refractivity contribution in [2.24, 2.45) is 5.11 Å². The summed E-state index contributed by atoms with van der Waals surface area (Å²) >= 11 is 0. The van der Waals surface area contributed by atoms with E-state index in [0.29, 0.717) is 0 Å². The molecule has 10 heteroatoms. The number of ketones is 1. The van der Waals surface area contributed by atoms with Crippen LogP contribution in [-0.4, -0.2) is 36.1 Å². The van der Waals surface area contributed by atoms with E-state index < -0.39 is 12.2 Å². The first-order chi connectivity index (χ1) is 11.0. The summed E-state index contributed by atoms with van der Waals surface area (Å²) in [7, 11) is 0. The molecule has 1 aliphatic rings. The highest BCUT2D eigenvalue weighted by Gasteiger charge is 2.32. The number of amides is 1. The predicted molar refractivity (Wildman–Crippen MR) is 79.4 cm³/mol. The number of hydrogen-bond donors (Lipinski definition) is 1. The van der Waals surface area contributed by atoms with Crippen LogP contribution in [0.25, 0.3) is 10.4 Å². The number of carbonyl (C=O) groups is 2. The van der Waals surface area contributed by atoms with Crippen LogP contribution in [0.1, 0.15) is 6.92 Å². The van der Waals surface area contributed by atoms with E-state index in [0.717, 1.165) is 0 Å². The molecule has 1 aromatic heterocycles. The van der Waals surface area contributed by atoms with Crippen LogP contribution >= 0.6 is 0 Å². The number of Topliss-reactive ketones (excluding diaryl/α,β-unsaturated/α-hetero) is 1. The van der Waals surface area contributed by atoms with Crippen LogP contribution in [0.4, 0.5) is 16.4 Å². The van der Waals surface area contributed by atoms with Gasteiger partial charge in [-0.3, -0.25) is 9.69 Å². The number of nitrogen functional groups attached to an aromatic ring is 1. The molecule has 0 saturated carbocycles. The Morgan fingerprint density at radius 3 is 3.13 bits per heavy atom. The van der Waals surface area contributed by atoms with E-state index in [4.69, 9.17) is 20.7 Å². The summed E-state index contributed by atoms with van der Waals surface area (Å²) in [5.74, 6) is 2.89. The van der Waals surface area contributed by atoms with Crippen molar-refractivity contribution in [2.75, 3.05) is 23.8 Å². The molecule has 1 atom stereocenters. The highest BCUT2D eigenvalue weighted by molar-refractivity contribution is 5.89. The summed E-state index contributed by atoms with van der Waals surface area (Å²) in [6.45, 7) is 1.39. The molecular formula is C13H12N6O4. The number of anilines is 2. The molecule has 0 radical (unpaired) electrons. The number of azide groups is 1. The summed E-state index contributed by atoms with van der Waals surface area (Å²) in [6.07, 6.45) is -1.38. The molecule has 1 aliphatic heterocycles. The van der Waals surface area contributed by atoms with E-state index in [1.54, 1.807) is 0 Å². The van der Waals surface area contributed by atoms with Crippen LogP contribution < -0.4 is 15.4 Å². The SMILES string of the molecule is CC(=O)COc1ccc(N2C[C@@H](C#CN=[N+]=[N-])OC2=O)nc1N. The molecule has 1 saturated heterocycles. The van der Waals surface area contributed by atoms with E-state index >= 15 is 0 Å². The highest BCUT2D eigenvalue weighted by Crippen LogP contribution is 2.26. The molecule has 1 fully saturated rings. The third-order valence-electron chi connectivity index (χ3n) is 2.71. The third-order valence-corrected chi connectivity index (χ3v) is 2.71. The molecule has 0 spiro atoms. The maximum Gasteiger partial charge on any atom is 0.416 e. The van der Waals surface area contributed by atoms with Gasteiger partial charge in [-0.2, -0.15) is 0 Å². The Hall–Kier alpha value is -3.44. The second-order valence-corrected chi connectivity index (χ2v) is 4.47. The zero-order valence-corrected chi connectivity index (χ0v) is 12.1. The van der Waals surface area contributed by atoms with Crippen molar-refractivity contribution in [3.05, 3.63) is 22.6 Å². The van der Waals surface area contributed by atoms with Crippen LogP contribution in [0.3, 0.4) is 0 Å². The van der Waals surface area contributed by atoms with Crippen LogP contribution in [0.2, 0.25) is 0 Å². The molecule has 2 heterocycles. The van der Waals surface area contributed by atoms with Gasteiger partial charge in [-0.1, -0.05) is 0 Å². The van der Waals surface area contributed by atoms with Gasteiger partial charge in [0.25, 0.3) is 0 Å².